The number of hydrogen-bond donors (Lipinski definition) is 1. The maximum atomic E-state index is 12.2. The van der Waals surface area contributed by atoms with E-state index >= 15 is 0 Å². The van der Waals surface area contributed by atoms with E-state index in [9.17, 15) is 8.42 Å². The predicted octanol–water partition coefficient (Wildman–Crippen LogP) is 3.14. The van der Waals surface area contributed by atoms with E-state index in [-0.39, 0.29) is 6.04 Å². The Kier molecular flexibility index (Phi) is 4.25. The smallest absolute Gasteiger partial charge is 0.208 e. The number of benzene rings is 1. The molecule has 1 unspecified atom stereocenters. The molecule has 0 saturated heterocycles. The van der Waals surface area contributed by atoms with E-state index in [1.807, 2.05) is 13.0 Å². The fourth-order valence-corrected chi connectivity index (χ4v) is 3.59. The fraction of sp³-hybridized carbons (Fsp3) is 0.385. The quantitative estimate of drug-likeness (QED) is 0.866. The molecule has 0 amide bonds. The Labute approximate surface area is 116 Å². The maximum Gasteiger partial charge on any atom is 0.240 e. The first-order chi connectivity index (χ1) is 8.49. The van der Waals surface area contributed by atoms with Gasteiger partial charge in [-0.2, -0.15) is 0 Å². The molecule has 0 saturated carbocycles. The lowest BCUT2D eigenvalue weighted by Crippen LogP contribution is -2.35. The molecule has 1 atom stereocenters. The minimum absolute atomic E-state index is 0.0175. The molecule has 1 N–H and O–H groups in total. The Morgan fingerprint density at radius 1 is 1.33 bits per heavy atom. The number of sulfonamides is 1. The van der Waals surface area contributed by atoms with Gasteiger partial charge < -0.3 is 0 Å². The summed E-state index contributed by atoms with van der Waals surface area (Å²) in [5.41, 5.74) is 0.918. The summed E-state index contributed by atoms with van der Waals surface area (Å²) in [5, 5.41) is 0. The zero-order valence-electron chi connectivity index (χ0n) is 10.2. The summed E-state index contributed by atoms with van der Waals surface area (Å²) in [6.45, 7) is 1.88. The SMILES string of the molecule is Cc1cc(S(=O)(=O)NC2CC=CCC2)ccc1Br. The molecule has 0 bridgehead atoms. The van der Waals surface area contributed by atoms with Gasteiger partial charge in [-0.15, -0.1) is 0 Å². The summed E-state index contributed by atoms with van der Waals surface area (Å²) in [6, 6.07) is 5.09. The number of rotatable bonds is 3. The van der Waals surface area contributed by atoms with Crippen LogP contribution in [0.5, 0.6) is 0 Å². The lowest BCUT2D eigenvalue weighted by atomic mass is 10.0. The van der Waals surface area contributed by atoms with Crippen LogP contribution in [0.2, 0.25) is 0 Å². The molecule has 5 heteroatoms. The molecule has 0 aliphatic heterocycles. The van der Waals surface area contributed by atoms with Crippen molar-refractivity contribution in [1.82, 2.24) is 4.72 Å². The van der Waals surface area contributed by atoms with Crippen molar-refractivity contribution < 1.29 is 8.42 Å². The number of aryl methyl sites for hydroxylation is 1. The van der Waals surface area contributed by atoms with Gasteiger partial charge in [-0.05, 0) is 49.9 Å². The van der Waals surface area contributed by atoms with Crippen LogP contribution in [0, 0.1) is 6.92 Å². The minimum atomic E-state index is -3.40. The molecule has 1 aliphatic rings. The van der Waals surface area contributed by atoms with Crippen LogP contribution in [0.15, 0.2) is 39.7 Å². The normalized spacial score (nSPS) is 20.0. The first-order valence-corrected chi connectivity index (χ1v) is 8.20. The zero-order chi connectivity index (χ0) is 13.2. The second-order valence-electron chi connectivity index (χ2n) is 4.51. The Morgan fingerprint density at radius 2 is 2.11 bits per heavy atom. The Hall–Kier alpha value is -0.650. The standard InChI is InChI=1S/C13H16BrNO2S/c1-10-9-12(7-8-13(10)14)18(16,17)15-11-5-3-2-4-6-11/h2-3,7-9,11,15H,4-6H2,1H3. The maximum absolute atomic E-state index is 12.2. The highest BCUT2D eigenvalue weighted by Crippen LogP contribution is 2.21. The molecule has 0 aromatic heterocycles. The highest BCUT2D eigenvalue weighted by molar-refractivity contribution is 9.10. The molecular formula is C13H16BrNO2S. The Balaban J connectivity index is 2.19. The fourth-order valence-electron chi connectivity index (χ4n) is 1.97. The molecule has 0 spiro atoms. The van der Waals surface area contributed by atoms with Gasteiger partial charge in [0.15, 0.2) is 0 Å². The molecule has 0 heterocycles. The first-order valence-electron chi connectivity index (χ1n) is 5.92. The van der Waals surface area contributed by atoms with Crippen LogP contribution in [0.4, 0.5) is 0 Å². The van der Waals surface area contributed by atoms with E-state index in [0.717, 1.165) is 29.3 Å². The summed E-state index contributed by atoms with van der Waals surface area (Å²) in [7, 11) is -3.40. The third-order valence-electron chi connectivity index (χ3n) is 3.03. The van der Waals surface area contributed by atoms with Gasteiger partial charge in [0.25, 0.3) is 0 Å². The van der Waals surface area contributed by atoms with E-state index in [0.29, 0.717) is 4.90 Å². The van der Waals surface area contributed by atoms with Gasteiger partial charge in [0.05, 0.1) is 4.90 Å². The number of hydrogen-bond acceptors (Lipinski definition) is 2. The largest absolute Gasteiger partial charge is 0.240 e. The minimum Gasteiger partial charge on any atom is -0.208 e. The van der Waals surface area contributed by atoms with E-state index < -0.39 is 10.0 Å². The summed E-state index contributed by atoms with van der Waals surface area (Å²) < 4.78 is 28.1. The van der Waals surface area contributed by atoms with Gasteiger partial charge >= 0.3 is 0 Å². The van der Waals surface area contributed by atoms with E-state index in [2.05, 4.69) is 26.7 Å². The summed E-state index contributed by atoms with van der Waals surface area (Å²) >= 11 is 3.37. The van der Waals surface area contributed by atoms with Crippen LogP contribution in [-0.2, 0) is 10.0 Å². The molecule has 2 rings (SSSR count). The third-order valence-corrected chi connectivity index (χ3v) is 5.44. The van der Waals surface area contributed by atoms with Crippen LogP contribution in [0.25, 0.3) is 0 Å². The van der Waals surface area contributed by atoms with Crippen molar-refractivity contribution >= 4 is 26.0 Å². The lowest BCUT2D eigenvalue weighted by Gasteiger charge is -2.19. The molecule has 1 aliphatic carbocycles. The zero-order valence-corrected chi connectivity index (χ0v) is 12.6. The summed E-state index contributed by atoms with van der Waals surface area (Å²) in [4.78, 5) is 0.331. The number of halogens is 1. The van der Waals surface area contributed by atoms with Crippen LogP contribution in [0.3, 0.4) is 0 Å². The number of allylic oxidation sites excluding steroid dienone is 1. The Morgan fingerprint density at radius 3 is 2.72 bits per heavy atom. The average molecular weight is 330 g/mol. The molecule has 98 valence electrons. The van der Waals surface area contributed by atoms with Crippen molar-refractivity contribution in [2.24, 2.45) is 0 Å². The van der Waals surface area contributed by atoms with Crippen molar-refractivity contribution in [3.63, 3.8) is 0 Å². The molecule has 0 fully saturated rings. The topological polar surface area (TPSA) is 46.2 Å². The Bertz CT molecular complexity index is 566. The van der Waals surface area contributed by atoms with Crippen LogP contribution < -0.4 is 4.72 Å². The highest BCUT2D eigenvalue weighted by Gasteiger charge is 2.20. The van der Waals surface area contributed by atoms with Gasteiger partial charge in [-0.3, -0.25) is 0 Å². The summed E-state index contributed by atoms with van der Waals surface area (Å²) in [5.74, 6) is 0. The van der Waals surface area contributed by atoms with Crippen LogP contribution in [-0.4, -0.2) is 14.5 Å². The lowest BCUT2D eigenvalue weighted by molar-refractivity contribution is 0.522. The van der Waals surface area contributed by atoms with Crippen molar-refractivity contribution in [3.05, 3.63) is 40.4 Å². The molecule has 18 heavy (non-hydrogen) atoms. The van der Waals surface area contributed by atoms with Crippen molar-refractivity contribution in [2.45, 2.75) is 37.1 Å². The monoisotopic (exact) mass is 329 g/mol. The van der Waals surface area contributed by atoms with Crippen molar-refractivity contribution in [1.29, 1.82) is 0 Å². The molecule has 3 nitrogen and oxygen atoms in total. The average Bonchev–Trinajstić information content (AvgIpc) is 2.33. The first kappa shape index (κ1) is 13.8. The van der Waals surface area contributed by atoms with Gasteiger partial charge in [0, 0.05) is 10.5 Å². The van der Waals surface area contributed by atoms with Gasteiger partial charge in [-0.25, -0.2) is 13.1 Å². The second kappa shape index (κ2) is 5.55. The second-order valence-corrected chi connectivity index (χ2v) is 7.08. The van der Waals surface area contributed by atoms with E-state index in [1.165, 1.54) is 0 Å². The molecular weight excluding hydrogens is 314 g/mol. The van der Waals surface area contributed by atoms with Crippen LogP contribution >= 0.6 is 15.9 Å². The highest BCUT2D eigenvalue weighted by atomic mass is 79.9. The van der Waals surface area contributed by atoms with Crippen LogP contribution in [0.1, 0.15) is 24.8 Å². The molecule has 1 aromatic carbocycles. The predicted molar refractivity (Wildman–Crippen MR) is 76.0 cm³/mol. The van der Waals surface area contributed by atoms with E-state index in [1.54, 1.807) is 18.2 Å². The van der Waals surface area contributed by atoms with Gasteiger partial charge in [-0.1, -0.05) is 28.1 Å². The van der Waals surface area contributed by atoms with Crippen molar-refractivity contribution in [3.8, 4) is 0 Å². The molecule has 1 aromatic rings. The van der Waals surface area contributed by atoms with Gasteiger partial charge in [0.2, 0.25) is 10.0 Å². The van der Waals surface area contributed by atoms with E-state index in [4.69, 9.17) is 0 Å². The van der Waals surface area contributed by atoms with Gasteiger partial charge in [0.1, 0.15) is 0 Å². The third kappa shape index (κ3) is 3.22. The summed E-state index contributed by atoms with van der Waals surface area (Å²) in [6.07, 6.45) is 6.70. The van der Waals surface area contributed by atoms with Crippen molar-refractivity contribution in [2.75, 3.05) is 0 Å². The molecule has 0 radical (unpaired) electrons. The number of nitrogens with one attached hydrogen (secondary N) is 1.